The fraction of sp³-hybridized carbons (Fsp3) is 0.318. The summed E-state index contributed by atoms with van der Waals surface area (Å²) in [4.78, 5) is 38.1. The second kappa shape index (κ2) is 12.5. The van der Waals surface area contributed by atoms with Gasteiger partial charge in [0, 0.05) is 17.0 Å². The lowest BCUT2D eigenvalue weighted by Crippen LogP contribution is -2.43. The number of thiol groups is 1. The van der Waals surface area contributed by atoms with Crippen LogP contribution in [-0.4, -0.2) is 53.9 Å². The first-order chi connectivity index (χ1) is 15.3. The van der Waals surface area contributed by atoms with Gasteiger partial charge in [-0.2, -0.15) is 24.4 Å². The normalized spacial score (nSPS) is 13.6. The molecule has 32 heavy (non-hydrogen) atoms. The molecule has 0 aromatic heterocycles. The summed E-state index contributed by atoms with van der Waals surface area (Å²) >= 11 is 5.47. The van der Waals surface area contributed by atoms with E-state index in [0.29, 0.717) is 29.0 Å². The standard InChI is InChI=1S/C22H27N3O5S2/c1-32-10-9-17(24)20(27)29-22(30-21(28)18(25)12-31)19(26)15-8-7-14(23)11-16(15)13-5-3-2-4-6-13/h2-8,11,17-18,22,31H,9-10,12,23-25H2,1H3. The number of esters is 2. The van der Waals surface area contributed by atoms with Crippen LogP contribution in [0.1, 0.15) is 16.8 Å². The molecule has 8 nitrogen and oxygen atoms in total. The van der Waals surface area contributed by atoms with Crippen LogP contribution in [0.15, 0.2) is 48.5 Å². The number of benzene rings is 2. The summed E-state index contributed by atoms with van der Waals surface area (Å²) in [6.07, 6.45) is 0.353. The molecule has 0 fully saturated rings. The Balaban J connectivity index is 2.39. The van der Waals surface area contributed by atoms with Crippen LogP contribution >= 0.6 is 24.4 Å². The van der Waals surface area contributed by atoms with Gasteiger partial charge in [-0.05, 0) is 47.8 Å². The summed E-state index contributed by atoms with van der Waals surface area (Å²) in [6, 6.07) is 11.6. The van der Waals surface area contributed by atoms with Crippen LogP contribution < -0.4 is 17.2 Å². The number of rotatable bonds is 11. The lowest BCUT2D eigenvalue weighted by molar-refractivity contribution is -0.180. The van der Waals surface area contributed by atoms with Gasteiger partial charge in [0.15, 0.2) is 0 Å². The second-order valence-corrected chi connectivity index (χ2v) is 8.27. The number of Topliss-reactive ketones (excluding diaryl/α,β-unsaturated/α-hetero) is 1. The number of anilines is 1. The molecule has 0 amide bonds. The largest absolute Gasteiger partial charge is 0.416 e. The van der Waals surface area contributed by atoms with E-state index in [0.717, 1.165) is 0 Å². The predicted octanol–water partition coefficient (Wildman–Crippen LogP) is 1.87. The van der Waals surface area contributed by atoms with Crippen molar-refractivity contribution in [1.29, 1.82) is 0 Å². The highest BCUT2D eigenvalue weighted by molar-refractivity contribution is 7.98. The van der Waals surface area contributed by atoms with Gasteiger partial charge in [0.2, 0.25) is 5.78 Å². The molecule has 2 aromatic rings. The molecular formula is C22H27N3O5S2. The van der Waals surface area contributed by atoms with Crippen LogP contribution in [0.5, 0.6) is 0 Å². The molecule has 6 N–H and O–H groups in total. The van der Waals surface area contributed by atoms with E-state index in [4.69, 9.17) is 26.7 Å². The van der Waals surface area contributed by atoms with Gasteiger partial charge in [-0.15, -0.1) is 0 Å². The van der Waals surface area contributed by atoms with Gasteiger partial charge in [-0.1, -0.05) is 30.3 Å². The molecule has 0 aliphatic heterocycles. The van der Waals surface area contributed by atoms with Gasteiger partial charge in [0.05, 0.1) is 0 Å². The number of hydrogen-bond acceptors (Lipinski definition) is 10. The molecule has 0 radical (unpaired) electrons. The van der Waals surface area contributed by atoms with Crippen LogP contribution in [0.25, 0.3) is 11.1 Å². The van der Waals surface area contributed by atoms with E-state index in [2.05, 4.69) is 12.6 Å². The number of nitrogen functional groups attached to an aromatic ring is 1. The summed E-state index contributed by atoms with van der Waals surface area (Å²) in [7, 11) is 0. The van der Waals surface area contributed by atoms with Crippen molar-refractivity contribution in [3.63, 3.8) is 0 Å². The van der Waals surface area contributed by atoms with Gasteiger partial charge in [0.1, 0.15) is 12.1 Å². The molecule has 2 rings (SSSR count). The molecule has 0 bridgehead atoms. The van der Waals surface area contributed by atoms with Crippen molar-refractivity contribution < 1.29 is 23.9 Å². The highest BCUT2D eigenvalue weighted by Crippen LogP contribution is 2.28. The minimum Gasteiger partial charge on any atom is -0.416 e. The molecule has 0 aliphatic rings. The highest BCUT2D eigenvalue weighted by atomic mass is 32.2. The Labute approximate surface area is 196 Å². The summed E-state index contributed by atoms with van der Waals surface area (Å²) in [6.45, 7) is 0. The highest BCUT2D eigenvalue weighted by Gasteiger charge is 2.33. The average Bonchev–Trinajstić information content (AvgIpc) is 2.81. The van der Waals surface area contributed by atoms with Crippen LogP contribution in [0.2, 0.25) is 0 Å². The molecule has 3 unspecified atom stereocenters. The fourth-order valence-corrected chi connectivity index (χ4v) is 3.35. The number of ether oxygens (including phenoxy) is 2. The first-order valence-corrected chi connectivity index (χ1v) is 11.8. The number of nitrogens with two attached hydrogens (primary N) is 3. The Morgan fingerprint density at radius 3 is 2.22 bits per heavy atom. The maximum Gasteiger partial charge on any atom is 0.327 e. The predicted molar refractivity (Wildman–Crippen MR) is 129 cm³/mol. The minimum absolute atomic E-state index is 0.0158. The molecule has 0 aliphatic carbocycles. The van der Waals surface area contributed by atoms with Crippen molar-refractivity contribution in [2.24, 2.45) is 11.5 Å². The Morgan fingerprint density at radius 1 is 1.00 bits per heavy atom. The summed E-state index contributed by atoms with van der Waals surface area (Å²) in [5.41, 5.74) is 19.2. The Bertz CT molecular complexity index is 942. The third-order valence-corrected chi connectivity index (χ3v) is 5.53. The van der Waals surface area contributed by atoms with Gasteiger partial charge in [-0.25, -0.2) is 0 Å². The monoisotopic (exact) mass is 477 g/mol. The number of thioether (sulfide) groups is 1. The average molecular weight is 478 g/mol. The van der Waals surface area contributed by atoms with Gasteiger partial charge in [0.25, 0.3) is 0 Å². The van der Waals surface area contributed by atoms with Crippen molar-refractivity contribution in [2.45, 2.75) is 24.8 Å². The van der Waals surface area contributed by atoms with E-state index < -0.39 is 36.1 Å². The molecule has 10 heteroatoms. The molecule has 0 spiro atoms. The van der Waals surface area contributed by atoms with Gasteiger partial charge < -0.3 is 26.7 Å². The molecule has 0 saturated heterocycles. The number of hydrogen-bond donors (Lipinski definition) is 4. The van der Waals surface area contributed by atoms with Crippen LogP contribution in [0, 0.1) is 0 Å². The van der Waals surface area contributed by atoms with Gasteiger partial charge >= 0.3 is 18.2 Å². The smallest absolute Gasteiger partial charge is 0.327 e. The molecule has 0 heterocycles. The van der Waals surface area contributed by atoms with E-state index in [1.165, 1.54) is 23.9 Å². The Kier molecular flexibility index (Phi) is 10.0. The summed E-state index contributed by atoms with van der Waals surface area (Å²) in [5, 5.41) is 0. The topological polar surface area (TPSA) is 148 Å². The molecular weight excluding hydrogens is 450 g/mol. The van der Waals surface area contributed by atoms with E-state index in [-0.39, 0.29) is 11.3 Å². The lowest BCUT2D eigenvalue weighted by Gasteiger charge is -2.22. The number of carbonyl (C=O) groups is 3. The Morgan fingerprint density at radius 2 is 1.62 bits per heavy atom. The summed E-state index contributed by atoms with van der Waals surface area (Å²) in [5.74, 6) is -1.93. The van der Waals surface area contributed by atoms with Crippen molar-refractivity contribution >= 4 is 47.8 Å². The quantitative estimate of drug-likeness (QED) is 0.125. The maximum atomic E-state index is 13.4. The van der Waals surface area contributed by atoms with E-state index in [9.17, 15) is 14.4 Å². The van der Waals surface area contributed by atoms with E-state index in [1.54, 1.807) is 30.3 Å². The first kappa shape index (κ1) is 25.7. The fourth-order valence-electron chi connectivity index (χ4n) is 2.71. The molecule has 0 saturated carbocycles. The molecule has 3 atom stereocenters. The van der Waals surface area contributed by atoms with Crippen molar-refractivity contribution in [1.82, 2.24) is 0 Å². The first-order valence-electron chi connectivity index (χ1n) is 9.79. The van der Waals surface area contributed by atoms with Crippen LogP contribution in [0.4, 0.5) is 5.69 Å². The third kappa shape index (κ3) is 6.99. The van der Waals surface area contributed by atoms with Crippen molar-refractivity contribution in [3.05, 3.63) is 54.1 Å². The number of carbonyl (C=O) groups excluding carboxylic acids is 3. The Hall–Kier alpha value is -2.53. The van der Waals surface area contributed by atoms with Crippen molar-refractivity contribution in [3.8, 4) is 11.1 Å². The van der Waals surface area contributed by atoms with Gasteiger partial charge in [-0.3, -0.25) is 14.4 Å². The van der Waals surface area contributed by atoms with Crippen LogP contribution in [0.3, 0.4) is 0 Å². The van der Waals surface area contributed by atoms with Crippen LogP contribution in [-0.2, 0) is 19.1 Å². The SMILES string of the molecule is CSCCC(N)C(=O)OC(OC(=O)C(N)CS)C(=O)c1ccc(N)cc1-c1ccccc1. The zero-order valence-electron chi connectivity index (χ0n) is 17.6. The van der Waals surface area contributed by atoms with E-state index >= 15 is 0 Å². The zero-order chi connectivity index (χ0) is 23.7. The zero-order valence-corrected chi connectivity index (χ0v) is 19.3. The lowest BCUT2D eigenvalue weighted by atomic mass is 9.96. The third-order valence-electron chi connectivity index (χ3n) is 4.49. The van der Waals surface area contributed by atoms with E-state index in [1.807, 2.05) is 12.3 Å². The number of ketones is 1. The minimum atomic E-state index is -1.85. The second-order valence-electron chi connectivity index (χ2n) is 6.92. The molecule has 2 aromatic carbocycles. The maximum absolute atomic E-state index is 13.4. The van der Waals surface area contributed by atoms with Crippen molar-refractivity contribution in [2.75, 3.05) is 23.5 Å². The summed E-state index contributed by atoms with van der Waals surface area (Å²) < 4.78 is 10.4. The molecule has 172 valence electrons.